The van der Waals surface area contributed by atoms with Gasteiger partial charge in [-0.15, -0.1) is 0 Å². The summed E-state index contributed by atoms with van der Waals surface area (Å²) < 4.78 is 0.955. The first kappa shape index (κ1) is 21.2. The highest BCUT2D eigenvalue weighted by atomic mass is 79.9. The van der Waals surface area contributed by atoms with Crippen LogP contribution in [0.5, 0.6) is 0 Å². The van der Waals surface area contributed by atoms with E-state index >= 15 is 0 Å². The van der Waals surface area contributed by atoms with E-state index in [0.29, 0.717) is 19.4 Å². The number of halogens is 1. The SMILES string of the molecule is CC(C)NC(=O)C(C)N(Cc1cccc(Br)c1)C(=O)CCc1ccccc1. The van der Waals surface area contributed by atoms with E-state index in [0.717, 1.165) is 15.6 Å². The Morgan fingerprint density at radius 3 is 2.30 bits per heavy atom. The molecule has 1 unspecified atom stereocenters. The Labute approximate surface area is 170 Å². The quantitative estimate of drug-likeness (QED) is 0.677. The van der Waals surface area contributed by atoms with Gasteiger partial charge in [-0.3, -0.25) is 9.59 Å². The van der Waals surface area contributed by atoms with E-state index in [1.54, 1.807) is 11.8 Å². The van der Waals surface area contributed by atoms with E-state index in [2.05, 4.69) is 21.2 Å². The number of carbonyl (C=O) groups is 2. The monoisotopic (exact) mass is 430 g/mol. The molecule has 1 atom stereocenters. The third-order valence-electron chi connectivity index (χ3n) is 4.31. The van der Waals surface area contributed by atoms with Gasteiger partial charge in [0, 0.05) is 23.5 Å². The van der Waals surface area contributed by atoms with Gasteiger partial charge in [0.2, 0.25) is 11.8 Å². The molecular formula is C22H27BrN2O2. The Kier molecular flexibility index (Phi) is 8.04. The van der Waals surface area contributed by atoms with Crippen molar-refractivity contribution < 1.29 is 9.59 Å². The highest BCUT2D eigenvalue weighted by Gasteiger charge is 2.26. The van der Waals surface area contributed by atoms with Gasteiger partial charge in [0.15, 0.2) is 0 Å². The summed E-state index contributed by atoms with van der Waals surface area (Å²) >= 11 is 3.47. The molecule has 2 amide bonds. The van der Waals surface area contributed by atoms with Crippen molar-refractivity contribution in [3.05, 3.63) is 70.2 Å². The third kappa shape index (κ3) is 6.83. The normalized spacial score (nSPS) is 11.9. The van der Waals surface area contributed by atoms with Gasteiger partial charge in [-0.25, -0.2) is 0 Å². The molecule has 2 rings (SSSR count). The lowest BCUT2D eigenvalue weighted by Crippen LogP contribution is -2.49. The molecule has 2 aromatic carbocycles. The molecular weight excluding hydrogens is 404 g/mol. The minimum Gasteiger partial charge on any atom is -0.352 e. The molecule has 0 aliphatic carbocycles. The van der Waals surface area contributed by atoms with Crippen LogP contribution in [0, 0.1) is 0 Å². The van der Waals surface area contributed by atoms with Crippen LogP contribution >= 0.6 is 15.9 Å². The van der Waals surface area contributed by atoms with Crippen molar-refractivity contribution in [3.63, 3.8) is 0 Å². The Bertz CT molecular complexity index is 762. The minimum absolute atomic E-state index is 0.0229. The highest BCUT2D eigenvalue weighted by molar-refractivity contribution is 9.10. The molecule has 0 heterocycles. The van der Waals surface area contributed by atoms with Crippen LogP contribution in [0.1, 0.15) is 38.3 Å². The first-order valence-electron chi connectivity index (χ1n) is 9.25. The molecule has 0 fully saturated rings. The Balaban J connectivity index is 2.14. The zero-order valence-electron chi connectivity index (χ0n) is 16.1. The Morgan fingerprint density at radius 1 is 1.00 bits per heavy atom. The number of aryl methyl sites for hydroxylation is 1. The molecule has 0 aliphatic rings. The number of nitrogens with one attached hydrogen (secondary N) is 1. The Morgan fingerprint density at radius 2 is 1.67 bits per heavy atom. The van der Waals surface area contributed by atoms with Gasteiger partial charge in [0.1, 0.15) is 6.04 Å². The highest BCUT2D eigenvalue weighted by Crippen LogP contribution is 2.17. The average molecular weight is 431 g/mol. The fourth-order valence-electron chi connectivity index (χ4n) is 2.86. The zero-order valence-corrected chi connectivity index (χ0v) is 17.7. The maximum Gasteiger partial charge on any atom is 0.242 e. The van der Waals surface area contributed by atoms with Gasteiger partial charge < -0.3 is 10.2 Å². The maximum atomic E-state index is 13.0. The van der Waals surface area contributed by atoms with Crippen LogP contribution in [-0.4, -0.2) is 28.8 Å². The molecule has 5 heteroatoms. The Hall–Kier alpha value is -2.14. The lowest BCUT2D eigenvalue weighted by atomic mass is 10.1. The summed E-state index contributed by atoms with van der Waals surface area (Å²) in [5, 5.41) is 2.91. The summed E-state index contributed by atoms with van der Waals surface area (Å²) in [5.41, 5.74) is 2.11. The first-order chi connectivity index (χ1) is 12.9. The number of hydrogen-bond donors (Lipinski definition) is 1. The average Bonchev–Trinajstić information content (AvgIpc) is 2.64. The van der Waals surface area contributed by atoms with E-state index in [9.17, 15) is 9.59 Å². The van der Waals surface area contributed by atoms with Gasteiger partial charge in [0.05, 0.1) is 0 Å². The van der Waals surface area contributed by atoms with Crippen LogP contribution in [0.25, 0.3) is 0 Å². The van der Waals surface area contributed by atoms with Crippen molar-refractivity contribution in [2.24, 2.45) is 0 Å². The molecule has 0 saturated carbocycles. The summed E-state index contributed by atoms with van der Waals surface area (Å²) in [7, 11) is 0. The summed E-state index contributed by atoms with van der Waals surface area (Å²) in [4.78, 5) is 27.2. The minimum atomic E-state index is -0.533. The van der Waals surface area contributed by atoms with Gasteiger partial charge >= 0.3 is 0 Å². The van der Waals surface area contributed by atoms with Gasteiger partial charge in [-0.2, -0.15) is 0 Å². The molecule has 144 valence electrons. The molecule has 27 heavy (non-hydrogen) atoms. The van der Waals surface area contributed by atoms with E-state index in [1.165, 1.54) is 0 Å². The molecule has 2 aromatic rings. The molecule has 0 spiro atoms. The molecule has 0 bridgehead atoms. The van der Waals surface area contributed by atoms with Crippen LogP contribution < -0.4 is 5.32 Å². The predicted octanol–water partition coefficient (Wildman–Crippen LogP) is 4.32. The van der Waals surface area contributed by atoms with Gasteiger partial charge in [0.25, 0.3) is 0 Å². The molecule has 1 N–H and O–H groups in total. The standard InChI is InChI=1S/C22H27BrN2O2/c1-16(2)24-22(27)17(3)25(15-19-10-7-11-20(23)14-19)21(26)13-12-18-8-5-4-6-9-18/h4-11,14,16-17H,12-13,15H2,1-3H3,(H,24,27). The third-order valence-corrected chi connectivity index (χ3v) is 4.80. The maximum absolute atomic E-state index is 13.0. The second kappa shape index (κ2) is 10.3. The first-order valence-corrected chi connectivity index (χ1v) is 10.0. The molecule has 4 nitrogen and oxygen atoms in total. The second-order valence-corrected chi connectivity index (χ2v) is 7.89. The fourth-order valence-corrected chi connectivity index (χ4v) is 3.31. The van der Waals surface area contributed by atoms with Crippen molar-refractivity contribution in [3.8, 4) is 0 Å². The van der Waals surface area contributed by atoms with Crippen molar-refractivity contribution in [1.29, 1.82) is 0 Å². The van der Waals surface area contributed by atoms with Crippen molar-refractivity contribution in [1.82, 2.24) is 10.2 Å². The van der Waals surface area contributed by atoms with Crippen LogP contribution in [0.15, 0.2) is 59.1 Å². The molecule has 0 radical (unpaired) electrons. The van der Waals surface area contributed by atoms with Crippen molar-refractivity contribution in [2.75, 3.05) is 0 Å². The smallest absolute Gasteiger partial charge is 0.242 e. The summed E-state index contributed by atoms with van der Waals surface area (Å²) in [6, 6.07) is 17.3. The van der Waals surface area contributed by atoms with Crippen LogP contribution in [-0.2, 0) is 22.6 Å². The summed E-state index contributed by atoms with van der Waals surface area (Å²) in [5.74, 6) is -0.154. The summed E-state index contributed by atoms with van der Waals surface area (Å²) in [6.07, 6.45) is 1.03. The number of carbonyl (C=O) groups excluding carboxylic acids is 2. The second-order valence-electron chi connectivity index (χ2n) is 6.98. The zero-order chi connectivity index (χ0) is 19.8. The van der Waals surface area contributed by atoms with Gasteiger partial charge in [-0.1, -0.05) is 58.4 Å². The largest absolute Gasteiger partial charge is 0.352 e. The number of benzene rings is 2. The number of amides is 2. The number of nitrogens with zero attached hydrogens (tertiary/aromatic N) is 1. The topological polar surface area (TPSA) is 49.4 Å². The molecule has 0 saturated heterocycles. The van der Waals surface area contributed by atoms with Crippen LogP contribution in [0.2, 0.25) is 0 Å². The van der Waals surface area contributed by atoms with Crippen molar-refractivity contribution >= 4 is 27.7 Å². The van der Waals surface area contributed by atoms with E-state index in [4.69, 9.17) is 0 Å². The van der Waals surface area contributed by atoms with E-state index in [-0.39, 0.29) is 17.9 Å². The van der Waals surface area contributed by atoms with Gasteiger partial charge in [-0.05, 0) is 50.5 Å². The molecule has 0 aromatic heterocycles. The lowest BCUT2D eigenvalue weighted by Gasteiger charge is -2.29. The van der Waals surface area contributed by atoms with Crippen LogP contribution in [0.4, 0.5) is 0 Å². The van der Waals surface area contributed by atoms with E-state index in [1.807, 2.05) is 68.4 Å². The lowest BCUT2D eigenvalue weighted by molar-refractivity contribution is -0.140. The fraction of sp³-hybridized carbons (Fsp3) is 0.364. The number of hydrogen-bond acceptors (Lipinski definition) is 2. The molecule has 0 aliphatic heterocycles. The predicted molar refractivity (Wildman–Crippen MR) is 112 cm³/mol. The number of rotatable bonds is 8. The van der Waals surface area contributed by atoms with E-state index < -0.39 is 6.04 Å². The van der Waals surface area contributed by atoms with Crippen LogP contribution in [0.3, 0.4) is 0 Å². The summed E-state index contributed by atoms with van der Waals surface area (Å²) in [6.45, 7) is 6.02. The van der Waals surface area contributed by atoms with Crippen molar-refractivity contribution in [2.45, 2.75) is 52.2 Å².